The molecule has 0 spiro atoms. The lowest BCUT2D eigenvalue weighted by atomic mass is 10.1. The third kappa shape index (κ3) is 3.15. The van der Waals surface area contributed by atoms with Crippen LogP contribution in [0, 0.1) is 22.0 Å². The maximum Gasteiger partial charge on any atom is 0.288 e. The zero-order valence-corrected chi connectivity index (χ0v) is 11.1. The Morgan fingerprint density at radius 2 is 2.41 bits per heavy atom. The van der Waals surface area contributed by atoms with E-state index in [1.54, 1.807) is 0 Å². The first kappa shape index (κ1) is 12.3. The Morgan fingerprint density at radius 1 is 1.71 bits per heavy atom. The van der Waals surface area contributed by atoms with E-state index in [1.807, 2.05) is 0 Å². The molecule has 0 amide bonds. The van der Waals surface area contributed by atoms with E-state index < -0.39 is 4.92 Å². The van der Waals surface area contributed by atoms with E-state index >= 15 is 0 Å². The first-order valence-corrected chi connectivity index (χ1v) is 6.41. The average Bonchev–Trinajstić information content (AvgIpc) is 3.10. The topological polar surface area (TPSA) is 68.1 Å². The van der Waals surface area contributed by atoms with Crippen LogP contribution in [0.15, 0.2) is 16.7 Å². The van der Waals surface area contributed by atoms with Crippen molar-refractivity contribution in [3.8, 4) is 0 Å². The van der Waals surface area contributed by atoms with E-state index in [0.29, 0.717) is 16.2 Å². The van der Waals surface area contributed by atoms with Gasteiger partial charge in [0.2, 0.25) is 0 Å². The molecule has 1 fully saturated rings. The average molecular weight is 300 g/mol. The minimum atomic E-state index is -0.450. The Labute approximate surface area is 108 Å². The number of pyridine rings is 1. The van der Waals surface area contributed by atoms with Crippen LogP contribution in [0.3, 0.4) is 0 Å². The number of nitrogens with one attached hydrogen (secondary N) is 1. The molecule has 1 N–H and O–H groups in total. The van der Waals surface area contributed by atoms with Gasteiger partial charge in [-0.15, -0.1) is 0 Å². The summed E-state index contributed by atoms with van der Waals surface area (Å²) in [6.45, 7) is 3.07. The van der Waals surface area contributed by atoms with Crippen LogP contribution in [0.1, 0.15) is 19.8 Å². The van der Waals surface area contributed by atoms with Gasteiger partial charge in [-0.3, -0.25) is 10.1 Å². The van der Waals surface area contributed by atoms with Gasteiger partial charge in [0.25, 0.3) is 5.69 Å². The van der Waals surface area contributed by atoms with E-state index in [0.717, 1.165) is 12.5 Å². The number of halogens is 1. The molecular formula is C11H14BrN3O2. The predicted octanol–water partition coefficient (Wildman–Crippen LogP) is 3.21. The second-order valence-electron chi connectivity index (χ2n) is 4.48. The second-order valence-corrected chi connectivity index (χ2v) is 5.33. The molecule has 6 heteroatoms. The van der Waals surface area contributed by atoms with Gasteiger partial charge in [-0.25, -0.2) is 4.98 Å². The van der Waals surface area contributed by atoms with Crippen molar-refractivity contribution in [2.45, 2.75) is 19.8 Å². The summed E-state index contributed by atoms with van der Waals surface area (Å²) in [7, 11) is 0. The summed E-state index contributed by atoms with van der Waals surface area (Å²) in [4.78, 5) is 14.2. The fraction of sp³-hybridized carbons (Fsp3) is 0.545. The highest BCUT2D eigenvalue weighted by atomic mass is 79.9. The van der Waals surface area contributed by atoms with Crippen LogP contribution in [0.5, 0.6) is 0 Å². The molecule has 17 heavy (non-hydrogen) atoms. The van der Waals surface area contributed by atoms with E-state index in [4.69, 9.17) is 0 Å². The number of hydrogen-bond acceptors (Lipinski definition) is 4. The molecule has 1 aromatic rings. The Balaban J connectivity index is 1.98. The lowest BCUT2D eigenvalue weighted by molar-refractivity contribution is -0.385. The molecule has 1 atom stereocenters. The molecule has 0 radical (unpaired) electrons. The Kier molecular flexibility index (Phi) is 3.61. The van der Waals surface area contributed by atoms with Crippen molar-refractivity contribution in [1.29, 1.82) is 0 Å². The number of nitrogens with zero attached hydrogens (tertiary/aromatic N) is 2. The number of aromatic nitrogens is 1. The second kappa shape index (κ2) is 5.00. The molecule has 0 aliphatic heterocycles. The summed E-state index contributed by atoms with van der Waals surface area (Å²) in [5, 5.41) is 13.8. The van der Waals surface area contributed by atoms with Crippen LogP contribution in [0.4, 0.5) is 11.5 Å². The Bertz CT molecular complexity index is 435. The zero-order chi connectivity index (χ0) is 12.4. The molecule has 1 unspecified atom stereocenters. The third-order valence-corrected chi connectivity index (χ3v) is 3.66. The van der Waals surface area contributed by atoms with Crippen LogP contribution in [-0.4, -0.2) is 16.5 Å². The van der Waals surface area contributed by atoms with Gasteiger partial charge in [-0.2, -0.15) is 0 Å². The Hall–Kier alpha value is -1.17. The number of anilines is 1. The largest absolute Gasteiger partial charge is 0.369 e. The summed E-state index contributed by atoms with van der Waals surface area (Å²) in [6, 6.07) is 1.47. The summed E-state index contributed by atoms with van der Waals surface area (Å²) < 4.78 is 0.634. The molecular weight excluding hydrogens is 286 g/mol. The number of nitro groups is 1. The van der Waals surface area contributed by atoms with Crippen molar-refractivity contribution in [2.75, 3.05) is 11.9 Å². The Morgan fingerprint density at radius 3 is 2.94 bits per heavy atom. The summed E-state index contributed by atoms with van der Waals surface area (Å²) in [5.41, 5.74) is -0.00216. The quantitative estimate of drug-likeness (QED) is 0.669. The summed E-state index contributed by atoms with van der Waals surface area (Å²) in [6.07, 6.45) is 3.91. The predicted molar refractivity (Wildman–Crippen MR) is 69.0 cm³/mol. The molecule has 0 aromatic carbocycles. The standard InChI is InChI=1S/C11H14BrN3O2/c1-7(8-2-3-8)5-13-11-10(12)4-9(6-14-11)15(16)17/h4,6-8H,2-3,5H2,1H3,(H,13,14). The minimum absolute atomic E-state index is 0.00216. The van der Waals surface area contributed by atoms with E-state index in [-0.39, 0.29) is 5.69 Å². The molecule has 1 heterocycles. The highest BCUT2D eigenvalue weighted by molar-refractivity contribution is 9.10. The normalized spacial score (nSPS) is 16.6. The fourth-order valence-corrected chi connectivity index (χ4v) is 2.22. The summed E-state index contributed by atoms with van der Waals surface area (Å²) >= 11 is 3.29. The van der Waals surface area contributed by atoms with Gasteiger partial charge < -0.3 is 5.32 Å². The third-order valence-electron chi connectivity index (χ3n) is 3.06. The van der Waals surface area contributed by atoms with E-state index in [2.05, 4.69) is 33.2 Å². The molecule has 92 valence electrons. The van der Waals surface area contributed by atoms with Crippen molar-refractivity contribution in [3.63, 3.8) is 0 Å². The van der Waals surface area contributed by atoms with Crippen LogP contribution in [0.2, 0.25) is 0 Å². The first-order valence-electron chi connectivity index (χ1n) is 5.61. The smallest absolute Gasteiger partial charge is 0.288 e. The van der Waals surface area contributed by atoms with Crippen LogP contribution >= 0.6 is 15.9 Å². The van der Waals surface area contributed by atoms with Crippen molar-refractivity contribution in [1.82, 2.24) is 4.98 Å². The monoisotopic (exact) mass is 299 g/mol. The van der Waals surface area contributed by atoms with Gasteiger partial charge in [0.1, 0.15) is 12.0 Å². The van der Waals surface area contributed by atoms with E-state index in [9.17, 15) is 10.1 Å². The number of rotatable bonds is 5. The zero-order valence-electron chi connectivity index (χ0n) is 9.52. The van der Waals surface area contributed by atoms with Gasteiger partial charge >= 0.3 is 0 Å². The highest BCUT2D eigenvalue weighted by Crippen LogP contribution is 2.36. The lowest BCUT2D eigenvalue weighted by Crippen LogP contribution is -2.14. The van der Waals surface area contributed by atoms with Crippen molar-refractivity contribution < 1.29 is 4.92 Å². The van der Waals surface area contributed by atoms with Gasteiger partial charge in [0.15, 0.2) is 0 Å². The van der Waals surface area contributed by atoms with Crippen molar-refractivity contribution >= 4 is 27.4 Å². The molecule has 5 nitrogen and oxygen atoms in total. The lowest BCUT2D eigenvalue weighted by Gasteiger charge is -2.12. The molecule has 1 aromatic heterocycles. The van der Waals surface area contributed by atoms with Crippen molar-refractivity contribution in [2.24, 2.45) is 11.8 Å². The highest BCUT2D eigenvalue weighted by Gasteiger charge is 2.27. The van der Waals surface area contributed by atoms with Crippen LogP contribution < -0.4 is 5.32 Å². The van der Waals surface area contributed by atoms with Crippen LogP contribution in [-0.2, 0) is 0 Å². The molecule has 1 aliphatic rings. The minimum Gasteiger partial charge on any atom is -0.369 e. The molecule has 2 rings (SSSR count). The molecule has 1 aliphatic carbocycles. The van der Waals surface area contributed by atoms with E-state index in [1.165, 1.54) is 25.1 Å². The van der Waals surface area contributed by atoms with Crippen LogP contribution in [0.25, 0.3) is 0 Å². The maximum absolute atomic E-state index is 10.6. The fourth-order valence-electron chi connectivity index (χ4n) is 1.75. The number of hydrogen-bond donors (Lipinski definition) is 1. The maximum atomic E-state index is 10.6. The SMILES string of the molecule is CC(CNc1ncc([N+](=O)[O-])cc1Br)C1CC1. The van der Waals surface area contributed by atoms with Gasteiger partial charge in [-0.1, -0.05) is 6.92 Å². The van der Waals surface area contributed by atoms with Gasteiger partial charge in [0.05, 0.1) is 9.40 Å². The van der Waals surface area contributed by atoms with Gasteiger partial charge in [-0.05, 0) is 40.6 Å². The van der Waals surface area contributed by atoms with Gasteiger partial charge in [0, 0.05) is 12.6 Å². The molecule has 0 bridgehead atoms. The first-order chi connectivity index (χ1) is 8.08. The van der Waals surface area contributed by atoms with Crippen molar-refractivity contribution in [3.05, 3.63) is 26.9 Å². The molecule has 0 saturated heterocycles. The summed E-state index contributed by atoms with van der Waals surface area (Å²) in [5.74, 6) is 2.13. The molecule has 1 saturated carbocycles.